The molecule has 0 bridgehead atoms. The van der Waals surface area contributed by atoms with Gasteiger partial charge in [0.05, 0.1) is 0 Å². The molecule has 0 aromatic heterocycles. The van der Waals surface area contributed by atoms with Crippen LogP contribution in [0.4, 0.5) is 0 Å². The van der Waals surface area contributed by atoms with Gasteiger partial charge in [-0.3, -0.25) is 9.59 Å². The van der Waals surface area contributed by atoms with E-state index in [4.69, 9.17) is 11.6 Å². The number of nitrogens with one attached hydrogen (secondary N) is 1. The van der Waals surface area contributed by atoms with Gasteiger partial charge < -0.3 is 10.2 Å². The molecule has 1 heterocycles. The van der Waals surface area contributed by atoms with Crippen LogP contribution < -0.4 is 5.32 Å². The van der Waals surface area contributed by atoms with E-state index in [0.717, 1.165) is 24.0 Å². The standard InChI is InChI=1S/C23H23ClN2O2/c24-19-10-8-18(9-11-19)20-12-22(27)26(14-17-6-7-17)15-21(20)23(28)25-13-16-4-2-1-3-5-16/h1-5,8-11,15,17,20H,6-7,12-14H2,(H,25,28). The highest BCUT2D eigenvalue weighted by Crippen LogP contribution is 2.36. The van der Waals surface area contributed by atoms with Crippen molar-refractivity contribution >= 4 is 23.4 Å². The summed E-state index contributed by atoms with van der Waals surface area (Å²) in [5, 5.41) is 3.65. The highest BCUT2D eigenvalue weighted by atomic mass is 35.5. The van der Waals surface area contributed by atoms with E-state index in [1.54, 1.807) is 23.2 Å². The first-order valence-corrected chi connectivity index (χ1v) is 10.1. The molecule has 28 heavy (non-hydrogen) atoms. The van der Waals surface area contributed by atoms with Crippen molar-refractivity contribution in [3.05, 3.63) is 82.5 Å². The molecular formula is C23H23ClN2O2. The lowest BCUT2D eigenvalue weighted by atomic mass is 9.85. The van der Waals surface area contributed by atoms with E-state index in [0.29, 0.717) is 36.0 Å². The maximum atomic E-state index is 13.0. The van der Waals surface area contributed by atoms with Crippen molar-refractivity contribution in [3.8, 4) is 0 Å². The monoisotopic (exact) mass is 394 g/mol. The van der Waals surface area contributed by atoms with Crippen LogP contribution in [0.2, 0.25) is 5.02 Å². The molecule has 1 fully saturated rings. The summed E-state index contributed by atoms with van der Waals surface area (Å²) in [6.07, 6.45) is 4.39. The number of carbonyl (C=O) groups is 2. The number of hydrogen-bond donors (Lipinski definition) is 1. The van der Waals surface area contributed by atoms with E-state index in [-0.39, 0.29) is 17.7 Å². The van der Waals surface area contributed by atoms with Crippen molar-refractivity contribution < 1.29 is 9.59 Å². The van der Waals surface area contributed by atoms with E-state index in [1.165, 1.54) is 0 Å². The Bertz CT molecular complexity index is 889. The molecule has 1 saturated carbocycles. The molecule has 0 saturated heterocycles. The topological polar surface area (TPSA) is 49.4 Å². The smallest absolute Gasteiger partial charge is 0.249 e. The third-order valence-electron chi connectivity index (χ3n) is 5.35. The molecule has 2 amide bonds. The Morgan fingerprint density at radius 1 is 1.07 bits per heavy atom. The van der Waals surface area contributed by atoms with Gasteiger partial charge in [0.2, 0.25) is 11.8 Å². The van der Waals surface area contributed by atoms with Crippen molar-refractivity contribution in [1.82, 2.24) is 10.2 Å². The van der Waals surface area contributed by atoms with Crippen LogP contribution in [-0.2, 0) is 16.1 Å². The molecule has 4 rings (SSSR count). The Morgan fingerprint density at radius 3 is 2.46 bits per heavy atom. The van der Waals surface area contributed by atoms with Crippen LogP contribution in [0, 0.1) is 5.92 Å². The molecule has 1 N–H and O–H groups in total. The maximum absolute atomic E-state index is 13.0. The minimum Gasteiger partial charge on any atom is -0.348 e. The SMILES string of the molecule is O=C(NCc1ccccc1)C1=CN(CC2CC2)C(=O)CC1c1ccc(Cl)cc1. The lowest BCUT2D eigenvalue weighted by molar-refractivity contribution is -0.130. The largest absolute Gasteiger partial charge is 0.348 e. The van der Waals surface area contributed by atoms with Gasteiger partial charge in [-0.1, -0.05) is 54.1 Å². The zero-order chi connectivity index (χ0) is 19.5. The second-order valence-corrected chi connectivity index (χ2v) is 7.99. The second-order valence-electron chi connectivity index (χ2n) is 7.55. The molecule has 2 aliphatic rings. The van der Waals surface area contributed by atoms with Crippen molar-refractivity contribution in [2.24, 2.45) is 5.92 Å². The van der Waals surface area contributed by atoms with Gasteiger partial charge in [-0.15, -0.1) is 0 Å². The first kappa shape index (κ1) is 18.8. The fourth-order valence-corrected chi connectivity index (χ4v) is 3.68. The Hall–Kier alpha value is -2.59. The average Bonchev–Trinajstić information content (AvgIpc) is 3.53. The van der Waals surface area contributed by atoms with Crippen LogP contribution in [0.1, 0.15) is 36.3 Å². The summed E-state index contributed by atoms with van der Waals surface area (Å²) in [5.74, 6) is 0.264. The van der Waals surface area contributed by atoms with E-state index >= 15 is 0 Å². The minimum atomic E-state index is -0.254. The molecule has 1 unspecified atom stereocenters. The van der Waals surface area contributed by atoms with Gasteiger partial charge in [0.25, 0.3) is 0 Å². The van der Waals surface area contributed by atoms with Crippen molar-refractivity contribution in [2.45, 2.75) is 31.7 Å². The fourth-order valence-electron chi connectivity index (χ4n) is 3.55. The van der Waals surface area contributed by atoms with Gasteiger partial charge in [-0.25, -0.2) is 0 Å². The number of hydrogen-bond acceptors (Lipinski definition) is 2. The minimum absolute atomic E-state index is 0.0754. The highest BCUT2D eigenvalue weighted by Gasteiger charge is 2.34. The molecule has 4 nitrogen and oxygen atoms in total. The molecule has 1 aliphatic carbocycles. The van der Waals surface area contributed by atoms with E-state index < -0.39 is 0 Å². The zero-order valence-electron chi connectivity index (χ0n) is 15.6. The molecule has 1 atom stereocenters. The van der Waals surface area contributed by atoms with E-state index in [1.807, 2.05) is 42.5 Å². The Morgan fingerprint density at radius 2 is 1.79 bits per heavy atom. The van der Waals surface area contributed by atoms with Crippen LogP contribution in [0.25, 0.3) is 0 Å². The third-order valence-corrected chi connectivity index (χ3v) is 5.60. The first-order valence-electron chi connectivity index (χ1n) is 9.69. The van der Waals surface area contributed by atoms with Gasteiger partial charge in [-0.05, 0) is 42.0 Å². The van der Waals surface area contributed by atoms with Crippen molar-refractivity contribution in [2.75, 3.05) is 6.54 Å². The van der Waals surface area contributed by atoms with Crippen LogP contribution in [0.5, 0.6) is 0 Å². The molecule has 0 radical (unpaired) electrons. The van der Waals surface area contributed by atoms with Crippen LogP contribution in [0.3, 0.4) is 0 Å². The number of amides is 2. The Balaban J connectivity index is 1.57. The predicted octanol–water partition coefficient (Wildman–Crippen LogP) is 4.27. The van der Waals surface area contributed by atoms with Gasteiger partial charge in [0.1, 0.15) is 0 Å². The third kappa shape index (κ3) is 4.45. The van der Waals surface area contributed by atoms with Gasteiger partial charge in [0.15, 0.2) is 0 Å². The molecule has 1 aliphatic heterocycles. The summed E-state index contributed by atoms with van der Waals surface area (Å²) in [6.45, 7) is 1.17. The highest BCUT2D eigenvalue weighted by molar-refractivity contribution is 6.30. The summed E-state index contributed by atoms with van der Waals surface area (Å²) in [6, 6.07) is 17.2. The first-order chi connectivity index (χ1) is 13.6. The Kier molecular flexibility index (Phi) is 5.49. The molecular weight excluding hydrogens is 372 g/mol. The number of benzene rings is 2. The molecule has 5 heteroatoms. The van der Waals surface area contributed by atoms with Crippen LogP contribution in [-0.4, -0.2) is 23.3 Å². The predicted molar refractivity (Wildman–Crippen MR) is 110 cm³/mol. The molecule has 0 spiro atoms. The van der Waals surface area contributed by atoms with Gasteiger partial charge in [0, 0.05) is 42.2 Å². The zero-order valence-corrected chi connectivity index (χ0v) is 16.4. The molecule has 2 aromatic carbocycles. The van der Waals surface area contributed by atoms with Gasteiger partial charge >= 0.3 is 0 Å². The van der Waals surface area contributed by atoms with Crippen LogP contribution in [0.15, 0.2) is 66.4 Å². The second kappa shape index (κ2) is 8.19. The lowest BCUT2D eigenvalue weighted by Gasteiger charge is -2.31. The van der Waals surface area contributed by atoms with Crippen molar-refractivity contribution in [1.29, 1.82) is 0 Å². The number of nitrogens with zero attached hydrogens (tertiary/aromatic N) is 1. The summed E-state index contributed by atoms with van der Waals surface area (Å²) >= 11 is 6.01. The van der Waals surface area contributed by atoms with Crippen molar-refractivity contribution in [3.63, 3.8) is 0 Å². The fraction of sp³-hybridized carbons (Fsp3) is 0.304. The van der Waals surface area contributed by atoms with Crippen LogP contribution >= 0.6 is 11.6 Å². The number of halogens is 1. The molecule has 144 valence electrons. The summed E-state index contributed by atoms with van der Waals surface area (Å²) < 4.78 is 0. The number of rotatable bonds is 6. The van der Waals surface area contributed by atoms with E-state index in [2.05, 4.69) is 5.32 Å². The summed E-state index contributed by atoms with van der Waals surface area (Å²) in [5.41, 5.74) is 2.62. The lowest BCUT2D eigenvalue weighted by Crippen LogP contribution is -2.38. The van der Waals surface area contributed by atoms with E-state index in [9.17, 15) is 9.59 Å². The number of carbonyl (C=O) groups excluding carboxylic acids is 2. The normalized spacial score (nSPS) is 19.3. The quantitative estimate of drug-likeness (QED) is 0.795. The van der Waals surface area contributed by atoms with Gasteiger partial charge in [-0.2, -0.15) is 0 Å². The average molecular weight is 395 g/mol. The molecule has 2 aromatic rings. The summed E-state index contributed by atoms with van der Waals surface area (Å²) in [7, 11) is 0. The maximum Gasteiger partial charge on any atom is 0.249 e. The summed E-state index contributed by atoms with van der Waals surface area (Å²) in [4.78, 5) is 27.4. The Labute approximate surface area is 170 Å².